The second-order valence-corrected chi connectivity index (χ2v) is 7.99. The SMILES string of the molecule is CC(C)Oc1ccc(-c2nnc(-c3cccc4c3CC3CC(=O)NC43)o2)cc1C#N. The monoisotopic (exact) mass is 400 g/mol. The molecule has 0 saturated carbocycles. The predicted molar refractivity (Wildman–Crippen MR) is 108 cm³/mol. The Bertz CT molecular complexity index is 1190. The summed E-state index contributed by atoms with van der Waals surface area (Å²) in [5.74, 6) is 1.71. The lowest BCUT2D eigenvalue weighted by Gasteiger charge is -2.11. The van der Waals surface area contributed by atoms with Crippen LogP contribution in [0.2, 0.25) is 0 Å². The first-order valence-corrected chi connectivity index (χ1v) is 9.99. The van der Waals surface area contributed by atoms with E-state index in [9.17, 15) is 10.1 Å². The molecule has 1 fully saturated rings. The molecule has 2 aliphatic rings. The van der Waals surface area contributed by atoms with Crippen molar-refractivity contribution in [3.8, 4) is 34.7 Å². The quantitative estimate of drug-likeness (QED) is 0.715. The molecule has 7 heteroatoms. The van der Waals surface area contributed by atoms with E-state index >= 15 is 0 Å². The second kappa shape index (κ2) is 6.99. The molecule has 1 aromatic heterocycles. The minimum atomic E-state index is -0.0255. The number of ether oxygens (including phenoxy) is 1. The topological polar surface area (TPSA) is 101 Å². The smallest absolute Gasteiger partial charge is 0.248 e. The zero-order valence-corrected chi connectivity index (χ0v) is 16.7. The van der Waals surface area contributed by atoms with Crippen LogP contribution in [0.3, 0.4) is 0 Å². The highest BCUT2D eigenvalue weighted by molar-refractivity contribution is 5.81. The summed E-state index contributed by atoms with van der Waals surface area (Å²) in [6.07, 6.45) is 1.34. The van der Waals surface area contributed by atoms with Crippen molar-refractivity contribution in [2.45, 2.75) is 38.8 Å². The van der Waals surface area contributed by atoms with Crippen LogP contribution in [0, 0.1) is 17.2 Å². The number of nitrogens with one attached hydrogen (secondary N) is 1. The third-order valence-corrected chi connectivity index (χ3v) is 5.61. The molecule has 1 aliphatic heterocycles. The van der Waals surface area contributed by atoms with E-state index in [1.54, 1.807) is 12.1 Å². The van der Waals surface area contributed by atoms with Gasteiger partial charge in [0.2, 0.25) is 17.7 Å². The minimum Gasteiger partial charge on any atom is -0.490 e. The fraction of sp³-hybridized carbons (Fsp3) is 0.304. The molecule has 30 heavy (non-hydrogen) atoms. The molecule has 0 bridgehead atoms. The lowest BCUT2D eigenvalue weighted by Crippen LogP contribution is -2.18. The Morgan fingerprint density at radius 3 is 2.83 bits per heavy atom. The lowest BCUT2D eigenvalue weighted by atomic mass is 10.0. The van der Waals surface area contributed by atoms with Crippen molar-refractivity contribution in [3.05, 3.63) is 53.1 Å². The number of fused-ring (bicyclic) bond motifs is 3. The van der Waals surface area contributed by atoms with Crippen molar-refractivity contribution in [2.75, 3.05) is 0 Å². The van der Waals surface area contributed by atoms with Gasteiger partial charge >= 0.3 is 0 Å². The van der Waals surface area contributed by atoms with Gasteiger partial charge in [0.15, 0.2) is 0 Å². The van der Waals surface area contributed by atoms with E-state index in [4.69, 9.17) is 9.15 Å². The third-order valence-electron chi connectivity index (χ3n) is 5.61. The van der Waals surface area contributed by atoms with Crippen molar-refractivity contribution in [2.24, 2.45) is 5.92 Å². The summed E-state index contributed by atoms with van der Waals surface area (Å²) in [4.78, 5) is 11.7. The first-order chi connectivity index (χ1) is 14.5. The highest BCUT2D eigenvalue weighted by atomic mass is 16.5. The third kappa shape index (κ3) is 3.01. The molecule has 1 saturated heterocycles. The Balaban J connectivity index is 1.48. The highest BCUT2D eigenvalue weighted by Gasteiger charge is 2.41. The maximum atomic E-state index is 11.7. The summed E-state index contributed by atoms with van der Waals surface area (Å²) in [5.41, 5.74) is 4.27. The molecule has 0 spiro atoms. The molecule has 5 rings (SSSR count). The number of rotatable bonds is 4. The summed E-state index contributed by atoms with van der Waals surface area (Å²) in [6.45, 7) is 3.83. The van der Waals surface area contributed by atoms with Crippen LogP contribution in [0.5, 0.6) is 5.75 Å². The number of hydrogen-bond acceptors (Lipinski definition) is 6. The van der Waals surface area contributed by atoms with E-state index in [1.807, 2.05) is 32.0 Å². The largest absolute Gasteiger partial charge is 0.490 e. The Labute approximate surface area is 173 Å². The predicted octanol–water partition coefficient (Wildman–Crippen LogP) is 3.80. The van der Waals surface area contributed by atoms with Gasteiger partial charge in [-0.2, -0.15) is 5.26 Å². The molecule has 0 radical (unpaired) electrons. The molecular weight excluding hydrogens is 380 g/mol. The molecule has 2 atom stereocenters. The Morgan fingerprint density at radius 2 is 2.03 bits per heavy atom. The van der Waals surface area contributed by atoms with Crippen molar-refractivity contribution >= 4 is 5.91 Å². The van der Waals surface area contributed by atoms with E-state index in [0.717, 1.165) is 23.1 Å². The van der Waals surface area contributed by atoms with Gasteiger partial charge in [-0.1, -0.05) is 12.1 Å². The summed E-state index contributed by atoms with van der Waals surface area (Å²) < 4.78 is 11.7. The van der Waals surface area contributed by atoms with E-state index in [0.29, 0.717) is 35.1 Å². The fourth-order valence-corrected chi connectivity index (χ4v) is 4.37. The first kappa shape index (κ1) is 18.4. The fourth-order valence-electron chi connectivity index (χ4n) is 4.37. The van der Waals surface area contributed by atoms with Crippen LogP contribution in [0.1, 0.15) is 43.0 Å². The Hall–Kier alpha value is -3.66. The van der Waals surface area contributed by atoms with Crippen LogP contribution in [-0.4, -0.2) is 22.2 Å². The second-order valence-electron chi connectivity index (χ2n) is 7.99. The van der Waals surface area contributed by atoms with Gasteiger partial charge in [-0.25, -0.2) is 0 Å². The van der Waals surface area contributed by atoms with Crippen molar-refractivity contribution in [1.29, 1.82) is 5.26 Å². The molecule has 1 aliphatic carbocycles. The average Bonchev–Trinajstić information content (AvgIpc) is 3.42. The van der Waals surface area contributed by atoms with Crippen molar-refractivity contribution < 1.29 is 13.9 Å². The average molecular weight is 400 g/mol. The molecule has 1 N–H and O–H groups in total. The lowest BCUT2D eigenvalue weighted by molar-refractivity contribution is -0.119. The Kier molecular flexibility index (Phi) is 4.28. The van der Waals surface area contributed by atoms with Crippen LogP contribution >= 0.6 is 0 Å². The van der Waals surface area contributed by atoms with E-state index in [2.05, 4.69) is 27.6 Å². The van der Waals surface area contributed by atoms with Crippen LogP contribution in [0.15, 0.2) is 40.8 Å². The van der Waals surface area contributed by atoms with Gasteiger partial charge in [0.25, 0.3) is 0 Å². The van der Waals surface area contributed by atoms with Gasteiger partial charge < -0.3 is 14.5 Å². The minimum absolute atomic E-state index is 0.0255. The zero-order chi connectivity index (χ0) is 20.8. The van der Waals surface area contributed by atoms with Gasteiger partial charge in [0, 0.05) is 17.5 Å². The zero-order valence-electron chi connectivity index (χ0n) is 16.7. The number of benzene rings is 2. The number of carbonyl (C=O) groups excluding carboxylic acids is 1. The summed E-state index contributed by atoms with van der Waals surface area (Å²) in [6, 6.07) is 13.5. The van der Waals surface area contributed by atoms with Gasteiger partial charge in [-0.3, -0.25) is 4.79 Å². The molecule has 150 valence electrons. The van der Waals surface area contributed by atoms with E-state index in [-0.39, 0.29) is 24.0 Å². The molecule has 1 amide bonds. The van der Waals surface area contributed by atoms with Gasteiger partial charge in [0.05, 0.1) is 17.7 Å². The van der Waals surface area contributed by atoms with Crippen LogP contribution in [-0.2, 0) is 11.2 Å². The van der Waals surface area contributed by atoms with Crippen molar-refractivity contribution in [3.63, 3.8) is 0 Å². The Morgan fingerprint density at radius 1 is 1.20 bits per heavy atom. The maximum Gasteiger partial charge on any atom is 0.248 e. The molecule has 3 aromatic rings. The van der Waals surface area contributed by atoms with Crippen molar-refractivity contribution in [1.82, 2.24) is 15.5 Å². The van der Waals surface area contributed by atoms with Crippen LogP contribution < -0.4 is 10.1 Å². The maximum absolute atomic E-state index is 11.7. The number of aromatic nitrogens is 2. The molecule has 2 heterocycles. The van der Waals surface area contributed by atoms with Gasteiger partial charge in [0.1, 0.15) is 11.8 Å². The first-order valence-electron chi connectivity index (χ1n) is 9.99. The number of nitrogens with zero attached hydrogens (tertiary/aromatic N) is 3. The number of carbonyl (C=O) groups is 1. The molecular formula is C23H20N4O3. The summed E-state index contributed by atoms with van der Waals surface area (Å²) in [7, 11) is 0. The summed E-state index contributed by atoms with van der Waals surface area (Å²) in [5, 5.41) is 21.0. The molecule has 2 aromatic carbocycles. The summed E-state index contributed by atoms with van der Waals surface area (Å²) >= 11 is 0. The van der Waals surface area contributed by atoms with Crippen LogP contribution in [0.4, 0.5) is 0 Å². The number of nitriles is 1. The molecule has 7 nitrogen and oxygen atoms in total. The van der Waals surface area contributed by atoms with Gasteiger partial charge in [-0.05, 0) is 61.6 Å². The standard InChI is InChI=1S/C23H20N4O3/c1-12(2)29-19-7-6-13(8-15(19)11-24)22-26-27-23(30-22)17-5-3-4-16-18(17)9-14-10-20(28)25-21(14)16/h3-8,12,14,21H,9-10H2,1-2H3,(H,25,28). The van der Waals surface area contributed by atoms with E-state index < -0.39 is 0 Å². The number of amides is 1. The van der Waals surface area contributed by atoms with Crippen LogP contribution in [0.25, 0.3) is 22.9 Å². The van der Waals surface area contributed by atoms with E-state index in [1.165, 1.54) is 0 Å². The highest BCUT2D eigenvalue weighted by Crippen LogP contribution is 2.45. The number of hydrogen-bond donors (Lipinski definition) is 1. The molecule has 2 unspecified atom stereocenters. The van der Waals surface area contributed by atoms with Gasteiger partial charge in [-0.15, -0.1) is 10.2 Å². The normalized spacial score (nSPS) is 19.3.